The topological polar surface area (TPSA) is 84.1 Å². The number of pyridine rings is 1. The minimum absolute atomic E-state index is 0.0380. The van der Waals surface area contributed by atoms with Crippen molar-refractivity contribution in [2.24, 2.45) is 5.92 Å². The van der Waals surface area contributed by atoms with Crippen LogP contribution in [0, 0.1) is 5.92 Å². The number of hydrogen-bond acceptors (Lipinski definition) is 5. The van der Waals surface area contributed by atoms with Crippen LogP contribution in [-0.2, 0) is 6.42 Å². The molecule has 2 aromatic carbocycles. The van der Waals surface area contributed by atoms with E-state index in [9.17, 15) is 9.90 Å². The number of benzene rings is 2. The molecule has 1 saturated heterocycles. The Bertz CT molecular complexity index is 1190. The molecule has 30 heavy (non-hydrogen) atoms. The lowest BCUT2D eigenvalue weighted by Crippen LogP contribution is -2.30. The van der Waals surface area contributed by atoms with Gasteiger partial charge in [0.25, 0.3) is 5.91 Å². The van der Waals surface area contributed by atoms with Gasteiger partial charge in [0.2, 0.25) is 0 Å². The van der Waals surface area contributed by atoms with Crippen LogP contribution in [-0.4, -0.2) is 55.1 Å². The molecule has 1 aliphatic rings. The molecule has 5 rings (SSSR count). The summed E-state index contributed by atoms with van der Waals surface area (Å²) in [5.74, 6) is -0.248. The standard InChI is InChI=1S/C23H21N5O2/c29-22-15-27(23(30)21-14-28(26-25-21)18-6-2-1-3-7-18)13-17(22)12-16-10-11-24-20-9-5-4-8-19(16)20/h1-11,14,17,22,29H,12-13,15H2/t17-,22-/m1/s1. The molecule has 1 fully saturated rings. The fraction of sp³-hybridized carbons (Fsp3) is 0.217. The van der Waals surface area contributed by atoms with Crippen LogP contribution in [0.15, 0.2) is 73.1 Å². The van der Waals surface area contributed by atoms with E-state index in [1.165, 1.54) is 0 Å². The predicted octanol–water partition coefficient (Wildman–Crippen LogP) is 2.49. The Morgan fingerprint density at radius 1 is 1.03 bits per heavy atom. The van der Waals surface area contributed by atoms with Crippen LogP contribution in [0.2, 0.25) is 0 Å². The third kappa shape index (κ3) is 3.44. The van der Waals surface area contributed by atoms with Crippen molar-refractivity contribution in [3.05, 3.63) is 84.3 Å². The smallest absolute Gasteiger partial charge is 0.276 e. The van der Waals surface area contributed by atoms with Crippen molar-refractivity contribution in [2.45, 2.75) is 12.5 Å². The summed E-state index contributed by atoms with van der Waals surface area (Å²) in [6.07, 6.45) is 3.53. The van der Waals surface area contributed by atoms with Crippen LogP contribution in [0.1, 0.15) is 16.1 Å². The summed E-state index contributed by atoms with van der Waals surface area (Å²) in [5.41, 5.74) is 3.19. The van der Waals surface area contributed by atoms with Crippen molar-refractivity contribution in [2.75, 3.05) is 13.1 Å². The van der Waals surface area contributed by atoms with E-state index in [-0.39, 0.29) is 17.5 Å². The van der Waals surface area contributed by atoms with Crippen molar-refractivity contribution in [1.82, 2.24) is 24.9 Å². The maximum absolute atomic E-state index is 12.9. The summed E-state index contributed by atoms with van der Waals surface area (Å²) in [7, 11) is 0. The molecule has 4 aromatic rings. The lowest BCUT2D eigenvalue weighted by atomic mass is 9.94. The Hall–Kier alpha value is -3.58. The first-order chi connectivity index (χ1) is 14.7. The van der Waals surface area contributed by atoms with Gasteiger partial charge >= 0.3 is 0 Å². The molecular formula is C23H21N5O2. The summed E-state index contributed by atoms with van der Waals surface area (Å²) in [5, 5.41) is 19.8. The zero-order chi connectivity index (χ0) is 20.5. The van der Waals surface area contributed by atoms with Crippen LogP contribution in [0.25, 0.3) is 16.6 Å². The van der Waals surface area contributed by atoms with Crippen molar-refractivity contribution < 1.29 is 9.90 Å². The zero-order valence-corrected chi connectivity index (χ0v) is 16.3. The SMILES string of the molecule is O=C(c1cn(-c2ccccc2)nn1)N1C[C@@H](Cc2ccnc3ccccc23)[C@H](O)C1. The summed E-state index contributed by atoms with van der Waals surface area (Å²) in [6, 6.07) is 19.5. The number of aromatic nitrogens is 4. The number of amides is 1. The number of carbonyl (C=O) groups excluding carboxylic acids is 1. The zero-order valence-electron chi connectivity index (χ0n) is 16.3. The maximum atomic E-state index is 12.9. The third-order valence-corrected chi connectivity index (χ3v) is 5.65. The minimum Gasteiger partial charge on any atom is -0.391 e. The Kier molecular flexibility index (Phi) is 4.72. The molecule has 0 radical (unpaired) electrons. The number of para-hydroxylation sites is 2. The number of aliphatic hydroxyl groups is 1. The number of hydrogen-bond donors (Lipinski definition) is 1. The van der Waals surface area contributed by atoms with Crippen molar-refractivity contribution >= 4 is 16.8 Å². The highest BCUT2D eigenvalue weighted by molar-refractivity contribution is 5.92. The predicted molar refractivity (Wildman–Crippen MR) is 112 cm³/mol. The average molecular weight is 399 g/mol. The van der Waals surface area contributed by atoms with Gasteiger partial charge in [0, 0.05) is 30.6 Å². The number of nitrogens with zero attached hydrogens (tertiary/aromatic N) is 5. The van der Waals surface area contributed by atoms with E-state index in [4.69, 9.17) is 0 Å². The van der Waals surface area contributed by atoms with Gasteiger partial charge in [-0.15, -0.1) is 5.10 Å². The Labute approximate surface area is 173 Å². The van der Waals surface area contributed by atoms with E-state index in [2.05, 4.69) is 15.3 Å². The lowest BCUT2D eigenvalue weighted by Gasteiger charge is -2.15. The van der Waals surface area contributed by atoms with E-state index in [1.54, 1.807) is 22.0 Å². The van der Waals surface area contributed by atoms with Gasteiger partial charge in [0.1, 0.15) is 0 Å². The fourth-order valence-electron chi connectivity index (χ4n) is 4.07. The molecule has 0 saturated carbocycles. The molecule has 150 valence electrons. The maximum Gasteiger partial charge on any atom is 0.276 e. The van der Waals surface area contributed by atoms with E-state index in [0.717, 1.165) is 22.2 Å². The van der Waals surface area contributed by atoms with Gasteiger partial charge < -0.3 is 10.0 Å². The largest absolute Gasteiger partial charge is 0.391 e. The molecule has 1 N–H and O–H groups in total. The van der Waals surface area contributed by atoms with Crippen LogP contribution in [0.4, 0.5) is 0 Å². The van der Waals surface area contributed by atoms with Crippen LogP contribution in [0.5, 0.6) is 0 Å². The molecule has 7 heteroatoms. The lowest BCUT2D eigenvalue weighted by molar-refractivity contribution is 0.0759. The van der Waals surface area contributed by atoms with Crippen molar-refractivity contribution in [3.8, 4) is 5.69 Å². The van der Waals surface area contributed by atoms with Crippen LogP contribution in [0.3, 0.4) is 0 Å². The molecule has 2 aromatic heterocycles. The highest BCUT2D eigenvalue weighted by Crippen LogP contribution is 2.26. The first-order valence-corrected chi connectivity index (χ1v) is 9.97. The first kappa shape index (κ1) is 18.4. The summed E-state index contributed by atoms with van der Waals surface area (Å²) >= 11 is 0. The number of likely N-dealkylation sites (tertiary alicyclic amines) is 1. The highest BCUT2D eigenvalue weighted by Gasteiger charge is 2.35. The average Bonchev–Trinajstić information content (AvgIpc) is 3.42. The normalized spacial score (nSPS) is 18.8. The quantitative estimate of drug-likeness (QED) is 0.570. The fourth-order valence-corrected chi connectivity index (χ4v) is 4.07. The Morgan fingerprint density at radius 2 is 1.83 bits per heavy atom. The van der Waals surface area contributed by atoms with Gasteiger partial charge in [-0.05, 0) is 36.2 Å². The van der Waals surface area contributed by atoms with E-state index in [0.29, 0.717) is 19.5 Å². The monoisotopic (exact) mass is 399 g/mol. The van der Waals surface area contributed by atoms with Gasteiger partial charge in [-0.2, -0.15) is 0 Å². The number of fused-ring (bicyclic) bond motifs is 1. The molecule has 0 aliphatic carbocycles. The van der Waals surface area contributed by atoms with Gasteiger partial charge in [-0.3, -0.25) is 9.78 Å². The number of carbonyl (C=O) groups is 1. The van der Waals surface area contributed by atoms with Gasteiger partial charge in [-0.1, -0.05) is 41.6 Å². The third-order valence-electron chi connectivity index (χ3n) is 5.65. The second kappa shape index (κ2) is 7.68. The highest BCUT2D eigenvalue weighted by atomic mass is 16.3. The second-order valence-corrected chi connectivity index (χ2v) is 7.61. The summed E-state index contributed by atoms with van der Waals surface area (Å²) < 4.78 is 1.58. The van der Waals surface area contributed by atoms with Crippen LogP contribution >= 0.6 is 0 Å². The molecule has 1 amide bonds. The molecule has 3 heterocycles. The molecule has 0 bridgehead atoms. The molecular weight excluding hydrogens is 378 g/mol. The summed E-state index contributed by atoms with van der Waals surface area (Å²) in [4.78, 5) is 19.0. The molecule has 1 aliphatic heterocycles. The Balaban J connectivity index is 1.32. The van der Waals surface area contributed by atoms with Crippen molar-refractivity contribution in [1.29, 1.82) is 0 Å². The summed E-state index contributed by atoms with van der Waals surface area (Å²) in [6.45, 7) is 0.777. The van der Waals surface area contributed by atoms with Gasteiger partial charge in [-0.25, -0.2) is 4.68 Å². The first-order valence-electron chi connectivity index (χ1n) is 9.97. The van der Waals surface area contributed by atoms with Crippen LogP contribution < -0.4 is 0 Å². The number of β-amino-alcohol motifs (C(OH)–C–C–N with tert-alkyl or cyclic N) is 1. The molecule has 0 unspecified atom stereocenters. The molecule has 0 spiro atoms. The minimum atomic E-state index is -0.579. The van der Waals surface area contributed by atoms with E-state index < -0.39 is 6.10 Å². The number of rotatable bonds is 4. The van der Waals surface area contributed by atoms with Gasteiger partial charge in [0.05, 0.1) is 23.5 Å². The van der Waals surface area contributed by atoms with Crippen molar-refractivity contribution in [3.63, 3.8) is 0 Å². The van der Waals surface area contributed by atoms with E-state index in [1.807, 2.05) is 60.7 Å². The van der Waals surface area contributed by atoms with Gasteiger partial charge in [0.15, 0.2) is 5.69 Å². The molecule has 2 atom stereocenters. The van der Waals surface area contributed by atoms with E-state index >= 15 is 0 Å². The second-order valence-electron chi connectivity index (χ2n) is 7.61. The Morgan fingerprint density at radius 3 is 2.70 bits per heavy atom. The molecule has 7 nitrogen and oxygen atoms in total. The number of aliphatic hydroxyl groups excluding tert-OH is 1.